The maximum Gasteiger partial charge on any atom is 0.214 e. The molecule has 6 nitrogen and oxygen atoms in total. The van der Waals surface area contributed by atoms with Crippen LogP contribution >= 0.6 is 0 Å². The molecule has 20 heavy (non-hydrogen) atoms. The summed E-state index contributed by atoms with van der Waals surface area (Å²) in [7, 11) is -3.13. The minimum Gasteiger partial charge on any atom is -0.375 e. The van der Waals surface area contributed by atoms with Crippen LogP contribution in [0.15, 0.2) is 18.5 Å². The lowest BCUT2D eigenvalue weighted by atomic mass is 10.0. The number of sulfonamides is 1. The molecule has 1 aromatic rings. The minimum atomic E-state index is -3.13. The molecule has 2 heterocycles. The summed E-state index contributed by atoms with van der Waals surface area (Å²) in [5.41, 5.74) is 0. The van der Waals surface area contributed by atoms with E-state index in [1.807, 2.05) is 16.9 Å². The van der Waals surface area contributed by atoms with E-state index in [-0.39, 0.29) is 17.9 Å². The molecule has 0 spiro atoms. The molecule has 2 fully saturated rings. The SMILES string of the molecule is CCS(=O)(=O)N1CCO[C@@H]2[C@H](Cn3cccn3)CC[C@@H]21. The fourth-order valence-electron chi connectivity index (χ4n) is 3.38. The third-order valence-corrected chi connectivity index (χ3v) is 6.27. The van der Waals surface area contributed by atoms with Gasteiger partial charge in [0.25, 0.3) is 0 Å². The molecule has 0 amide bonds. The van der Waals surface area contributed by atoms with Crippen LogP contribution in [0.3, 0.4) is 0 Å². The monoisotopic (exact) mass is 299 g/mol. The first-order valence-electron chi connectivity index (χ1n) is 7.20. The van der Waals surface area contributed by atoms with E-state index in [1.165, 1.54) is 0 Å². The Kier molecular flexibility index (Phi) is 3.83. The Morgan fingerprint density at radius 2 is 2.25 bits per heavy atom. The molecule has 112 valence electrons. The summed E-state index contributed by atoms with van der Waals surface area (Å²) in [4.78, 5) is 0. The molecule has 7 heteroatoms. The van der Waals surface area contributed by atoms with Crippen molar-refractivity contribution in [2.75, 3.05) is 18.9 Å². The van der Waals surface area contributed by atoms with Gasteiger partial charge in [0.2, 0.25) is 10.0 Å². The standard InChI is InChI=1S/C13H21N3O3S/c1-2-20(17,18)16-8-9-19-13-11(4-5-12(13)16)10-15-7-3-6-14-15/h3,6-7,11-13H,2,4-5,8-10H2,1H3/t11-,12-,13+/m0/s1. The predicted octanol–water partition coefficient (Wildman–Crippen LogP) is 0.712. The van der Waals surface area contributed by atoms with E-state index in [4.69, 9.17) is 4.74 Å². The van der Waals surface area contributed by atoms with Crippen LogP contribution in [-0.4, -0.2) is 53.6 Å². The summed E-state index contributed by atoms with van der Waals surface area (Å²) in [5.74, 6) is 0.509. The molecule has 1 aliphatic carbocycles. The maximum absolute atomic E-state index is 12.2. The van der Waals surface area contributed by atoms with Crippen LogP contribution in [0.4, 0.5) is 0 Å². The van der Waals surface area contributed by atoms with E-state index in [2.05, 4.69) is 5.10 Å². The second-order valence-electron chi connectivity index (χ2n) is 5.48. The number of morpholine rings is 1. The van der Waals surface area contributed by atoms with Gasteiger partial charge in [0.15, 0.2) is 0 Å². The second-order valence-corrected chi connectivity index (χ2v) is 7.69. The predicted molar refractivity (Wildman–Crippen MR) is 74.6 cm³/mol. The summed E-state index contributed by atoms with van der Waals surface area (Å²) in [6.07, 6.45) is 5.59. The van der Waals surface area contributed by atoms with Crippen molar-refractivity contribution in [3.05, 3.63) is 18.5 Å². The summed E-state index contributed by atoms with van der Waals surface area (Å²) < 4.78 is 33.8. The average Bonchev–Trinajstić information content (AvgIpc) is 3.09. The van der Waals surface area contributed by atoms with Gasteiger partial charge in [-0.05, 0) is 25.8 Å². The molecule has 0 aromatic carbocycles. The van der Waals surface area contributed by atoms with Gasteiger partial charge >= 0.3 is 0 Å². The highest BCUT2D eigenvalue weighted by Gasteiger charge is 2.46. The highest BCUT2D eigenvalue weighted by molar-refractivity contribution is 7.89. The van der Waals surface area contributed by atoms with E-state index in [0.29, 0.717) is 19.1 Å². The van der Waals surface area contributed by atoms with Crippen molar-refractivity contribution in [1.82, 2.24) is 14.1 Å². The fourth-order valence-corrected chi connectivity index (χ4v) is 4.70. The molecular formula is C13H21N3O3S. The first kappa shape index (κ1) is 14.0. The number of hydrogen-bond acceptors (Lipinski definition) is 4. The Morgan fingerprint density at radius 1 is 1.40 bits per heavy atom. The molecule has 1 saturated carbocycles. The third-order valence-electron chi connectivity index (χ3n) is 4.37. The van der Waals surface area contributed by atoms with Crippen molar-refractivity contribution >= 4 is 10.0 Å². The molecule has 0 radical (unpaired) electrons. The Morgan fingerprint density at radius 3 is 2.95 bits per heavy atom. The molecule has 3 atom stereocenters. The van der Waals surface area contributed by atoms with Crippen LogP contribution in [0.1, 0.15) is 19.8 Å². The van der Waals surface area contributed by atoms with Crippen molar-refractivity contribution in [2.24, 2.45) is 5.92 Å². The Balaban J connectivity index is 1.75. The van der Waals surface area contributed by atoms with Crippen LogP contribution in [0.25, 0.3) is 0 Å². The van der Waals surface area contributed by atoms with Gasteiger partial charge in [0, 0.05) is 31.4 Å². The van der Waals surface area contributed by atoms with E-state index < -0.39 is 10.0 Å². The van der Waals surface area contributed by atoms with Crippen LogP contribution in [0.5, 0.6) is 0 Å². The zero-order chi connectivity index (χ0) is 14.2. The highest BCUT2D eigenvalue weighted by Crippen LogP contribution is 2.36. The molecule has 2 aliphatic rings. The summed E-state index contributed by atoms with van der Waals surface area (Å²) in [6, 6.07) is 1.91. The van der Waals surface area contributed by atoms with E-state index in [9.17, 15) is 8.42 Å². The van der Waals surface area contributed by atoms with Crippen LogP contribution in [-0.2, 0) is 21.3 Å². The normalized spacial score (nSPS) is 31.4. The second kappa shape index (κ2) is 5.46. The molecule has 1 aliphatic heterocycles. The number of hydrogen-bond donors (Lipinski definition) is 0. The molecule has 3 rings (SSSR count). The van der Waals surface area contributed by atoms with Crippen LogP contribution in [0.2, 0.25) is 0 Å². The van der Waals surface area contributed by atoms with Crippen molar-refractivity contribution in [1.29, 1.82) is 0 Å². The molecule has 1 saturated heterocycles. The van der Waals surface area contributed by atoms with Gasteiger partial charge in [-0.2, -0.15) is 9.40 Å². The van der Waals surface area contributed by atoms with E-state index >= 15 is 0 Å². The van der Waals surface area contributed by atoms with Crippen LogP contribution in [0, 0.1) is 5.92 Å². The number of nitrogens with zero attached hydrogens (tertiary/aromatic N) is 3. The number of aromatic nitrogens is 2. The number of ether oxygens (including phenoxy) is 1. The number of rotatable bonds is 4. The van der Waals surface area contributed by atoms with E-state index in [1.54, 1.807) is 17.4 Å². The third kappa shape index (κ3) is 2.49. The zero-order valence-corrected chi connectivity index (χ0v) is 12.5. The zero-order valence-electron chi connectivity index (χ0n) is 11.7. The van der Waals surface area contributed by atoms with Gasteiger partial charge in [0.05, 0.1) is 24.5 Å². The van der Waals surface area contributed by atoms with Gasteiger partial charge in [-0.15, -0.1) is 0 Å². The number of fused-ring (bicyclic) bond motifs is 1. The smallest absolute Gasteiger partial charge is 0.214 e. The molecular weight excluding hydrogens is 278 g/mol. The van der Waals surface area contributed by atoms with Gasteiger partial charge in [-0.25, -0.2) is 8.42 Å². The summed E-state index contributed by atoms with van der Waals surface area (Å²) >= 11 is 0. The van der Waals surface area contributed by atoms with Gasteiger partial charge in [0.1, 0.15) is 0 Å². The topological polar surface area (TPSA) is 64.4 Å². The average molecular weight is 299 g/mol. The lowest BCUT2D eigenvalue weighted by Crippen LogP contribution is -2.53. The van der Waals surface area contributed by atoms with Crippen molar-refractivity contribution < 1.29 is 13.2 Å². The molecule has 1 aromatic heterocycles. The molecule has 0 N–H and O–H groups in total. The van der Waals surface area contributed by atoms with Crippen molar-refractivity contribution in [2.45, 2.75) is 38.5 Å². The van der Waals surface area contributed by atoms with Crippen LogP contribution < -0.4 is 0 Å². The van der Waals surface area contributed by atoms with Crippen molar-refractivity contribution in [3.8, 4) is 0 Å². The van der Waals surface area contributed by atoms with Crippen molar-refractivity contribution in [3.63, 3.8) is 0 Å². The van der Waals surface area contributed by atoms with Gasteiger partial charge in [-0.3, -0.25) is 4.68 Å². The summed E-state index contributed by atoms with van der Waals surface area (Å²) in [6.45, 7) is 3.49. The Bertz CT molecular complexity index is 543. The van der Waals surface area contributed by atoms with Gasteiger partial charge in [-0.1, -0.05) is 0 Å². The first-order chi connectivity index (χ1) is 9.62. The maximum atomic E-state index is 12.2. The quantitative estimate of drug-likeness (QED) is 0.821. The Hall–Kier alpha value is -0.920. The highest BCUT2D eigenvalue weighted by atomic mass is 32.2. The Labute approximate surface area is 119 Å². The fraction of sp³-hybridized carbons (Fsp3) is 0.769. The van der Waals surface area contributed by atoms with Gasteiger partial charge < -0.3 is 4.74 Å². The largest absolute Gasteiger partial charge is 0.375 e. The summed E-state index contributed by atoms with van der Waals surface area (Å²) in [5, 5.41) is 4.23. The lowest BCUT2D eigenvalue weighted by Gasteiger charge is -2.38. The first-order valence-corrected chi connectivity index (χ1v) is 8.81. The molecule has 0 bridgehead atoms. The van der Waals surface area contributed by atoms with E-state index in [0.717, 1.165) is 19.4 Å². The molecule has 0 unspecified atom stereocenters. The lowest BCUT2D eigenvalue weighted by molar-refractivity contribution is -0.0490. The minimum absolute atomic E-state index is 0.00858.